The zero-order chi connectivity index (χ0) is 22.2. The van der Waals surface area contributed by atoms with E-state index in [0.29, 0.717) is 11.5 Å². The quantitative estimate of drug-likeness (QED) is 0.369. The minimum absolute atomic E-state index is 0.0180. The molecule has 0 amide bonds. The summed E-state index contributed by atoms with van der Waals surface area (Å²) in [6.07, 6.45) is 4.19. The average Bonchev–Trinajstić information content (AvgIpc) is 3.16. The average molecular weight is 417 g/mol. The Morgan fingerprint density at radius 3 is 2.63 bits per heavy atom. The first-order valence-electron chi connectivity index (χ1n) is 10.8. The first-order valence-corrected chi connectivity index (χ1v) is 10.8. The van der Waals surface area contributed by atoms with Crippen LogP contribution in [0.5, 0.6) is 0 Å². The van der Waals surface area contributed by atoms with Crippen LogP contribution in [0.15, 0.2) is 35.5 Å². The Balaban J connectivity index is 1.92. The van der Waals surface area contributed by atoms with Crippen LogP contribution in [-0.4, -0.2) is 51.5 Å². The summed E-state index contributed by atoms with van der Waals surface area (Å²) in [4.78, 5) is 26.4. The number of ketones is 1. The number of fused-ring (bicyclic) bond motifs is 3. The number of ether oxygens (including phenoxy) is 1. The van der Waals surface area contributed by atoms with Gasteiger partial charge in [-0.05, 0) is 54.6 Å². The molecule has 2 saturated carbocycles. The van der Waals surface area contributed by atoms with Crippen LogP contribution in [0, 0.1) is 34.5 Å². The van der Waals surface area contributed by atoms with Crippen molar-refractivity contribution in [2.45, 2.75) is 58.8 Å². The molecule has 0 radical (unpaired) electrons. The largest absolute Gasteiger partial charge is 0.451 e. The van der Waals surface area contributed by atoms with Crippen LogP contribution in [0.2, 0.25) is 0 Å². The van der Waals surface area contributed by atoms with E-state index in [4.69, 9.17) is 4.74 Å². The second-order valence-corrected chi connectivity index (χ2v) is 10.2. The first kappa shape index (κ1) is 21.5. The van der Waals surface area contributed by atoms with Crippen LogP contribution in [0.4, 0.5) is 0 Å². The summed E-state index contributed by atoms with van der Waals surface area (Å²) >= 11 is 0. The summed E-state index contributed by atoms with van der Waals surface area (Å²) < 4.78 is 5.59. The summed E-state index contributed by atoms with van der Waals surface area (Å²) in [6, 6.07) is 0. The van der Waals surface area contributed by atoms with Crippen molar-refractivity contribution in [1.82, 2.24) is 0 Å². The normalized spacial score (nSPS) is 46.3. The van der Waals surface area contributed by atoms with E-state index >= 15 is 0 Å². The van der Waals surface area contributed by atoms with Gasteiger partial charge in [-0.3, -0.25) is 4.79 Å². The number of hydrogen-bond acceptors (Lipinski definition) is 6. The monoisotopic (exact) mass is 416 g/mol. The standard InChI is InChI=1S/C24H32O6/c1-6-7-17(26)30-21-12(2)10-23-13(3)8-16-18(22(16,4)5)15(20(23)28)9-14(11-25)19(27)24(21,23)29/h6-7,9-10,13,15-16,18-19,21,25,27,29H,8,11H2,1-5H3/b7-6+/t13-,15+,16-,18+,19-,21+,23-,24+/m1/s1. The summed E-state index contributed by atoms with van der Waals surface area (Å²) in [5.74, 6) is -1.16. The van der Waals surface area contributed by atoms with E-state index in [9.17, 15) is 24.9 Å². The SMILES string of the molecule is C/C=C/C(=O)O[C@H]1C(C)=C[C@@]23C(=O)[C@@H](C=C(CO)[C@@H](O)[C@]12O)[C@H]1[C@@H](C[C@H]3C)C1(C)C. The van der Waals surface area contributed by atoms with Gasteiger partial charge in [-0.15, -0.1) is 0 Å². The van der Waals surface area contributed by atoms with E-state index in [1.165, 1.54) is 12.2 Å². The number of aliphatic hydroxyl groups excluding tert-OH is 2. The van der Waals surface area contributed by atoms with Crippen molar-refractivity contribution in [3.05, 3.63) is 35.5 Å². The number of aliphatic hydroxyl groups is 3. The fourth-order valence-electron chi connectivity index (χ4n) is 6.89. The highest BCUT2D eigenvalue weighted by Crippen LogP contribution is 2.71. The van der Waals surface area contributed by atoms with E-state index in [1.807, 2.05) is 6.92 Å². The Hall–Kier alpha value is -1.76. The third-order valence-corrected chi connectivity index (χ3v) is 8.43. The number of esters is 1. The molecule has 0 saturated heterocycles. The van der Waals surface area contributed by atoms with Crippen molar-refractivity contribution in [2.24, 2.45) is 34.5 Å². The molecule has 4 aliphatic carbocycles. The predicted octanol–water partition coefficient (Wildman–Crippen LogP) is 1.94. The van der Waals surface area contributed by atoms with Gasteiger partial charge in [0.05, 0.1) is 12.0 Å². The van der Waals surface area contributed by atoms with Gasteiger partial charge in [0.2, 0.25) is 0 Å². The van der Waals surface area contributed by atoms with Crippen molar-refractivity contribution in [3.63, 3.8) is 0 Å². The lowest BCUT2D eigenvalue weighted by Gasteiger charge is -2.48. The molecular formula is C24H32O6. The molecule has 2 fully saturated rings. The minimum Gasteiger partial charge on any atom is -0.451 e. The van der Waals surface area contributed by atoms with Crippen LogP contribution in [0.3, 0.4) is 0 Å². The molecule has 1 spiro atoms. The van der Waals surface area contributed by atoms with Crippen molar-refractivity contribution >= 4 is 11.8 Å². The van der Waals surface area contributed by atoms with Crippen LogP contribution in [-0.2, 0) is 14.3 Å². The second-order valence-electron chi connectivity index (χ2n) is 10.2. The maximum Gasteiger partial charge on any atom is 0.331 e. The molecule has 8 atom stereocenters. The van der Waals surface area contributed by atoms with E-state index in [1.54, 1.807) is 26.0 Å². The maximum atomic E-state index is 14.1. The van der Waals surface area contributed by atoms with Crippen LogP contribution >= 0.6 is 0 Å². The third-order valence-electron chi connectivity index (χ3n) is 8.43. The first-order chi connectivity index (χ1) is 14.0. The number of allylic oxidation sites excluding steroid dienone is 2. The van der Waals surface area contributed by atoms with E-state index in [2.05, 4.69) is 13.8 Å². The number of hydrogen-bond donors (Lipinski definition) is 3. The van der Waals surface area contributed by atoms with Crippen molar-refractivity contribution < 1.29 is 29.6 Å². The number of rotatable bonds is 3. The molecule has 2 bridgehead atoms. The third kappa shape index (κ3) is 2.41. The van der Waals surface area contributed by atoms with E-state index in [-0.39, 0.29) is 28.6 Å². The number of carbonyl (C=O) groups is 2. The lowest BCUT2D eigenvalue weighted by Crippen LogP contribution is -2.65. The molecular weight excluding hydrogens is 384 g/mol. The molecule has 0 aliphatic heterocycles. The van der Waals surface area contributed by atoms with E-state index in [0.717, 1.165) is 6.42 Å². The smallest absolute Gasteiger partial charge is 0.331 e. The Labute approximate surface area is 177 Å². The molecule has 0 unspecified atom stereocenters. The molecule has 3 N–H and O–H groups in total. The highest BCUT2D eigenvalue weighted by molar-refractivity contribution is 5.95. The Kier molecular flexibility index (Phi) is 4.74. The van der Waals surface area contributed by atoms with E-state index < -0.39 is 41.7 Å². The fraction of sp³-hybridized carbons (Fsp3) is 0.667. The molecule has 0 aromatic carbocycles. The summed E-state index contributed by atoms with van der Waals surface area (Å²) in [5.41, 5.74) is -2.73. The van der Waals surface area contributed by atoms with Gasteiger partial charge in [0, 0.05) is 12.0 Å². The van der Waals surface area contributed by atoms with Gasteiger partial charge in [-0.25, -0.2) is 4.79 Å². The lowest BCUT2D eigenvalue weighted by atomic mass is 9.59. The molecule has 0 aromatic heterocycles. The van der Waals surface area contributed by atoms with Crippen LogP contribution in [0.1, 0.15) is 41.0 Å². The van der Waals surface area contributed by atoms with Gasteiger partial charge in [0.25, 0.3) is 0 Å². The molecule has 4 aliphatic rings. The molecule has 6 heteroatoms. The van der Waals surface area contributed by atoms with Crippen LogP contribution < -0.4 is 0 Å². The number of Topliss-reactive ketones (excluding diaryl/α,β-unsaturated/α-hetero) is 1. The van der Waals surface area contributed by atoms with Gasteiger partial charge < -0.3 is 20.1 Å². The van der Waals surface area contributed by atoms with Crippen LogP contribution in [0.25, 0.3) is 0 Å². The van der Waals surface area contributed by atoms with Gasteiger partial charge in [-0.1, -0.05) is 39.0 Å². The molecule has 0 aromatic rings. The fourth-order valence-corrected chi connectivity index (χ4v) is 6.89. The maximum absolute atomic E-state index is 14.1. The molecule has 4 rings (SSSR count). The second kappa shape index (κ2) is 6.62. The highest BCUT2D eigenvalue weighted by atomic mass is 16.6. The van der Waals surface area contributed by atoms with Gasteiger partial charge in [0.15, 0.2) is 17.5 Å². The molecule has 164 valence electrons. The molecule has 0 heterocycles. The van der Waals surface area contributed by atoms with Crippen molar-refractivity contribution in [3.8, 4) is 0 Å². The van der Waals surface area contributed by atoms with Gasteiger partial charge in [-0.2, -0.15) is 0 Å². The molecule has 30 heavy (non-hydrogen) atoms. The minimum atomic E-state index is -2.07. The van der Waals surface area contributed by atoms with Gasteiger partial charge >= 0.3 is 5.97 Å². The summed E-state index contributed by atoms with van der Waals surface area (Å²) in [5, 5.41) is 33.5. The Morgan fingerprint density at radius 1 is 1.37 bits per heavy atom. The summed E-state index contributed by atoms with van der Waals surface area (Å²) in [7, 11) is 0. The number of carbonyl (C=O) groups excluding carboxylic acids is 2. The van der Waals surface area contributed by atoms with Gasteiger partial charge in [0.1, 0.15) is 6.10 Å². The lowest BCUT2D eigenvalue weighted by molar-refractivity contribution is -0.201. The Bertz CT molecular complexity index is 882. The Morgan fingerprint density at radius 2 is 2.03 bits per heavy atom. The highest BCUT2D eigenvalue weighted by Gasteiger charge is 2.76. The molecule has 6 nitrogen and oxygen atoms in total. The zero-order valence-electron chi connectivity index (χ0n) is 18.3. The zero-order valence-corrected chi connectivity index (χ0v) is 18.3. The topological polar surface area (TPSA) is 104 Å². The van der Waals surface area contributed by atoms with Crippen molar-refractivity contribution in [1.29, 1.82) is 0 Å². The van der Waals surface area contributed by atoms with Crippen molar-refractivity contribution in [2.75, 3.05) is 6.61 Å². The summed E-state index contributed by atoms with van der Waals surface area (Å²) in [6.45, 7) is 9.15. The predicted molar refractivity (Wildman–Crippen MR) is 110 cm³/mol.